The highest BCUT2D eigenvalue weighted by Crippen LogP contribution is 1.92. The molecule has 0 saturated heterocycles. The van der Waals surface area contributed by atoms with Gasteiger partial charge in [0.2, 0.25) is 0 Å². The molecule has 8 heavy (non-hydrogen) atoms. The summed E-state index contributed by atoms with van der Waals surface area (Å²) in [6.07, 6.45) is 0. The molecule has 0 rings (SSSR count). The molecule has 5 heteroatoms. The second-order valence-corrected chi connectivity index (χ2v) is 1.78. The summed E-state index contributed by atoms with van der Waals surface area (Å²) in [5.74, 6) is 0. The topological polar surface area (TPSA) is 48.8 Å². The van der Waals surface area contributed by atoms with Crippen LogP contribution < -0.4 is 11.0 Å². The monoisotopic (exact) mass is 136 g/mol. The van der Waals surface area contributed by atoms with Gasteiger partial charge in [0.15, 0.2) is 0 Å². The molecule has 2 N–H and O–H groups in total. The highest BCUT2D eigenvalue weighted by Gasteiger charge is 1.84. The lowest BCUT2D eigenvalue weighted by Gasteiger charge is -1.92. The van der Waals surface area contributed by atoms with Crippen molar-refractivity contribution in [1.29, 1.82) is 0 Å². The van der Waals surface area contributed by atoms with Crippen LogP contribution in [-0.4, -0.2) is 12.5 Å². The lowest BCUT2D eigenvalue weighted by molar-refractivity contribution is 0.582. The number of hydrogen-bond acceptors (Lipinski definition) is 3. The van der Waals surface area contributed by atoms with Crippen molar-refractivity contribution in [2.45, 2.75) is 12.4 Å². The maximum absolute atomic E-state index is 5.39. The average Bonchev–Trinajstić information content (AvgIpc) is 1.66. The van der Waals surface area contributed by atoms with Gasteiger partial charge in [0.25, 0.3) is 0 Å². The summed E-state index contributed by atoms with van der Waals surface area (Å²) in [5, 5.41) is 6.95. The molecule has 0 radical (unpaired) electrons. The minimum absolute atomic E-state index is 0.268. The van der Waals surface area contributed by atoms with Crippen LogP contribution in [0.25, 0.3) is 0 Å². The Morgan fingerprint density at radius 2 is 2.25 bits per heavy atom. The van der Waals surface area contributed by atoms with Crippen molar-refractivity contribution in [3.05, 3.63) is 0 Å². The maximum atomic E-state index is 5.39. The van der Waals surface area contributed by atoms with Gasteiger partial charge in [0.1, 0.15) is 5.50 Å². The molecule has 1 unspecified atom stereocenters. The molecule has 0 aromatic heterocycles. The van der Waals surface area contributed by atoms with Crippen molar-refractivity contribution in [2.24, 2.45) is 10.3 Å². The largest absolute Gasteiger partial charge is 0.225 e. The molecule has 0 aliphatic heterocycles. The number of nitrogens with zero attached hydrogens (tertiary/aromatic N) is 2. The SMILES string of the molecule is CNNN=NC(C)Cl. The number of halogens is 1. The van der Waals surface area contributed by atoms with E-state index in [9.17, 15) is 0 Å². The Balaban J connectivity index is 3.07. The van der Waals surface area contributed by atoms with Crippen LogP contribution in [0.1, 0.15) is 6.92 Å². The molecule has 0 aliphatic carbocycles. The zero-order chi connectivity index (χ0) is 6.41. The predicted octanol–water partition coefficient (Wildman–Crippen LogP) is 0.662. The quantitative estimate of drug-likeness (QED) is 0.259. The van der Waals surface area contributed by atoms with E-state index in [1.807, 2.05) is 0 Å². The molecule has 0 heterocycles. The molecule has 0 aromatic carbocycles. The molecule has 0 fully saturated rings. The molecular weight excluding hydrogens is 128 g/mol. The molecule has 0 aliphatic rings. The normalized spacial score (nSPS) is 14.4. The van der Waals surface area contributed by atoms with Gasteiger partial charge in [0, 0.05) is 7.05 Å². The predicted molar refractivity (Wildman–Crippen MR) is 32.4 cm³/mol. The van der Waals surface area contributed by atoms with Crippen LogP contribution in [0.2, 0.25) is 0 Å². The molecule has 0 bridgehead atoms. The second kappa shape index (κ2) is 4.80. The molecule has 4 nitrogen and oxygen atoms in total. The number of rotatable bonds is 3. The van der Waals surface area contributed by atoms with Gasteiger partial charge < -0.3 is 0 Å². The van der Waals surface area contributed by atoms with Crippen LogP contribution in [-0.2, 0) is 0 Å². The summed E-state index contributed by atoms with van der Waals surface area (Å²) in [7, 11) is 1.69. The van der Waals surface area contributed by atoms with Crippen molar-refractivity contribution < 1.29 is 0 Å². The van der Waals surface area contributed by atoms with E-state index >= 15 is 0 Å². The van der Waals surface area contributed by atoms with E-state index < -0.39 is 0 Å². The zero-order valence-corrected chi connectivity index (χ0v) is 5.61. The first-order chi connectivity index (χ1) is 3.77. The van der Waals surface area contributed by atoms with Gasteiger partial charge >= 0.3 is 0 Å². The summed E-state index contributed by atoms with van der Waals surface area (Å²) >= 11 is 5.39. The Morgan fingerprint density at radius 1 is 1.62 bits per heavy atom. The van der Waals surface area contributed by atoms with Gasteiger partial charge in [-0.1, -0.05) is 16.8 Å². The first-order valence-corrected chi connectivity index (χ1v) is 2.66. The fraction of sp³-hybridized carbons (Fsp3) is 1.00. The molecule has 0 spiro atoms. The summed E-state index contributed by atoms with van der Waals surface area (Å²) in [6, 6.07) is 0. The van der Waals surface area contributed by atoms with E-state index in [2.05, 4.69) is 21.3 Å². The molecule has 48 valence electrons. The minimum Gasteiger partial charge on any atom is -0.225 e. The van der Waals surface area contributed by atoms with Crippen LogP contribution in [0.5, 0.6) is 0 Å². The van der Waals surface area contributed by atoms with Crippen LogP contribution in [0, 0.1) is 0 Å². The first-order valence-electron chi connectivity index (χ1n) is 2.23. The smallest absolute Gasteiger partial charge is 0.143 e. The standard InChI is InChI=1S/C3H9ClN4/c1-3(4)6-8-7-5-2/h3H,1-2H3,(H,5,8)(H,6,7). The third kappa shape index (κ3) is 5.65. The van der Waals surface area contributed by atoms with Crippen molar-refractivity contribution >= 4 is 11.6 Å². The van der Waals surface area contributed by atoms with Crippen molar-refractivity contribution in [3.8, 4) is 0 Å². The maximum Gasteiger partial charge on any atom is 0.143 e. The highest BCUT2D eigenvalue weighted by atomic mass is 35.5. The van der Waals surface area contributed by atoms with Gasteiger partial charge in [0.05, 0.1) is 0 Å². The van der Waals surface area contributed by atoms with Crippen molar-refractivity contribution in [1.82, 2.24) is 11.0 Å². The highest BCUT2D eigenvalue weighted by molar-refractivity contribution is 6.20. The molecular formula is C3H9ClN4. The number of hydrogen-bond donors (Lipinski definition) is 2. The third-order valence-electron chi connectivity index (χ3n) is 0.379. The summed E-state index contributed by atoms with van der Waals surface area (Å²) in [5.41, 5.74) is 4.69. The van der Waals surface area contributed by atoms with E-state index in [-0.39, 0.29) is 5.50 Å². The molecule has 0 amide bonds. The van der Waals surface area contributed by atoms with E-state index in [1.165, 1.54) is 0 Å². The Morgan fingerprint density at radius 3 is 2.62 bits per heavy atom. The molecule has 0 saturated carbocycles. The Bertz CT molecular complexity index is 71.7. The number of alkyl halides is 1. The fourth-order valence-corrected chi connectivity index (χ4v) is 0.202. The minimum atomic E-state index is -0.268. The lowest BCUT2D eigenvalue weighted by Crippen LogP contribution is -2.20. The Labute approximate surface area is 53.3 Å². The average molecular weight is 137 g/mol. The van der Waals surface area contributed by atoms with Gasteiger partial charge in [-0.25, -0.2) is 11.0 Å². The third-order valence-corrected chi connectivity index (χ3v) is 0.466. The van der Waals surface area contributed by atoms with Gasteiger partial charge in [-0.3, -0.25) is 0 Å². The van der Waals surface area contributed by atoms with Crippen molar-refractivity contribution in [2.75, 3.05) is 7.05 Å². The summed E-state index contributed by atoms with van der Waals surface area (Å²) < 4.78 is 0. The second-order valence-electron chi connectivity index (χ2n) is 1.15. The Kier molecular flexibility index (Phi) is 4.59. The molecule has 1 atom stereocenters. The van der Waals surface area contributed by atoms with E-state index in [1.54, 1.807) is 14.0 Å². The van der Waals surface area contributed by atoms with Gasteiger partial charge in [-0.05, 0) is 6.92 Å². The summed E-state index contributed by atoms with van der Waals surface area (Å²) in [4.78, 5) is 0. The number of hydrazine groups is 1. The van der Waals surface area contributed by atoms with Crippen LogP contribution in [0.15, 0.2) is 10.3 Å². The summed E-state index contributed by atoms with van der Waals surface area (Å²) in [6.45, 7) is 1.72. The fourth-order valence-electron chi connectivity index (χ4n) is 0.158. The van der Waals surface area contributed by atoms with Gasteiger partial charge in [-0.15, -0.1) is 0 Å². The number of nitrogens with one attached hydrogen (secondary N) is 2. The lowest BCUT2D eigenvalue weighted by atomic mass is 10.8. The van der Waals surface area contributed by atoms with Crippen LogP contribution in [0.3, 0.4) is 0 Å². The zero-order valence-electron chi connectivity index (χ0n) is 4.85. The van der Waals surface area contributed by atoms with E-state index in [4.69, 9.17) is 11.6 Å². The van der Waals surface area contributed by atoms with Crippen LogP contribution >= 0.6 is 11.6 Å². The van der Waals surface area contributed by atoms with Crippen molar-refractivity contribution in [3.63, 3.8) is 0 Å². The van der Waals surface area contributed by atoms with Gasteiger partial charge in [-0.2, -0.15) is 5.11 Å². The molecule has 0 aromatic rings. The van der Waals surface area contributed by atoms with E-state index in [0.717, 1.165) is 0 Å². The van der Waals surface area contributed by atoms with Crippen LogP contribution in [0.4, 0.5) is 0 Å². The Hall–Kier alpha value is -0.350. The van der Waals surface area contributed by atoms with E-state index in [0.29, 0.717) is 0 Å². The first kappa shape index (κ1) is 7.65.